The highest BCUT2D eigenvalue weighted by atomic mass is 15.1. The summed E-state index contributed by atoms with van der Waals surface area (Å²) in [6, 6.07) is 2.52. The number of fused-ring (bicyclic) bond motifs is 1. The predicted octanol–water partition coefficient (Wildman–Crippen LogP) is 2.12. The summed E-state index contributed by atoms with van der Waals surface area (Å²) in [5.41, 5.74) is 4.18. The molecule has 4 rings (SSSR count). The van der Waals surface area contributed by atoms with Gasteiger partial charge in [0.15, 0.2) is 0 Å². The Bertz CT molecular complexity index is 724. The SMILES string of the molecule is c1cc2c(N[C@H]3CCCNC3)c(-c3cn[nH]c3)cnc2[nH]1. The van der Waals surface area contributed by atoms with E-state index in [1.54, 1.807) is 0 Å². The molecule has 1 saturated heterocycles. The molecule has 0 saturated carbocycles. The quantitative estimate of drug-likeness (QED) is 0.593. The van der Waals surface area contributed by atoms with Crippen LogP contribution in [-0.4, -0.2) is 39.3 Å². The van der Waals surface area contributed by atoms with Gasteiger partial charge >= 0.3 is 0 Å². The summed E-state index contributed by atoms with van der Waals surface area (Å²) < 4.78 is 0. The highest BCUT2D eigenvalue weighted by molar-refractivity contribution is 5.98. The van der Waals surface area contributed by atoms with Gasteiger partial charge in [-0.3, -0.25) is 5.10 Å². The van der Waals surface area contributed by atoms with Crippen LogP contribution in [0.25, 0.3) is 22.2 Å². The molecule has 1 aliphatic rings. The third-order valence-electron chi connectivity index (χ3n) is 4.04. The summed E-state index contributed by atoms with van der Waals surface area (Å²) in [6.45, 7) is 2.11. The molecule has 21 heavy (non-hydrogen) atoms. The van der Waals surface area contributed by atoms with E-state index in [0.717, 1.165) is 40.9 Å². The van der Waals surface area contributed by atoms with Gasteiger partial charge in [-0.05, 0) is 25.5 Å². The van der Waals surface area contributed by atoms with E-state index >= 15 is 0 Å². The van der Waals surface area contributed by atoms with Crippen molar-refractivity contribution < 1.29 is 0 Å². The molecule has 108 valence electrons. The number of H-pyrrole nitrogens is 2. The van der Waals surface area contributed by atoms with Crippen LogP contribution in [0.1, 0.15) is 12.8 Å². The fraction of sp³-hybridized carbons (Fsp3) is 0.333. The fourth-order valence-corrected chi connectivity index (χ4v) is 2.96. The minimum Gasteiger partial charge on any atom is -0.380 e. The molecular weight excluding hydrogens is 264 g/mol. The van der Waals surface area contributed by atoms with Crippen LogP contribution < -0.4 is 10.6 Å². The van der Waals surface area contributed by atoms with Crippen molar-refractivity contribution in [2.75, 3.05) is 18.4 Å². The summed E-state index contributed by atoms with van der Waals surface area (Å²) >= 11 is 0. The molecule has 0 bridgehead atoms. The largest absolute Gasteiger partial charge is 0.380 e. The second-order valence-corrected chi connectivity index (χ2v) is 5.46. The molecule has 6 heteroatoms. The Morgan fingerprint density at radius 3 is 3.10 bits per heavy atom. The maximum absolute atomic E-state index is 4.50. The lowest BCUT2D eigenvalue weighted by Crippen LogP contribution is -2.38. The predicted molar refractivity (Wildman–Crippen MR) is 83.2 cm³/mol. The van der Waals surface area contributed by atoms with E-state index in [4.69, 9.17) is 0 Å². The smallest absolute Gasteiger partial charge is 0.139 e. The maximum atomic E-state index is 4.50. The van der Waals surface area contributed by atoms with Gasteiger partial charge in [0.2, 0.25) is 0 Å². The van der Waals surface area contributed by atoms with Crippen LogP contribution in [-0.2, 0) is 0 Å². The molecule has 0 radical (unpaired) electrons. The molecule has 4 N–H and O–H groups in total. The average molecular weight is 282 g/mol. The number of nitrogens with one attached hydrogen (secondary N) is 4. The van der Waals surface area contributed by atoms with Crippen LogP contribution in [0.15, 0.2) is 30.9 Å². The first-order valence-electron chi connectivity index (χ1n) is 7.34. The molecule has 1 aliphatic heterocycles. The first-order chi connectivity index (χ1) is 10.4. The third-order valence-corrected chi connectivity index (χ3v) is 4.04. The lowest BCUT2D eigenvalue weighted by molar-refractivity contribution is 0.480. The number of aromatic nitrogens is 4. The number of rotatable bonds is 3. The molecule has 0 amide bonds. The van der Waals surface area contributed by atoms with Crippen molar-refractivity contribution in [1.29, 1.82) is 0 Å². The van der Waals surface area contributed by atoms with Crippen molar-refractivity contribution in [2.45, 2.75) is 18.9 Å². The Hall–Kier alpha value is -2.34. The zero-order chi connectivity index (χ0) is 14.1. The molecule has 6 nitrogen and oxygen atoms in total. The molecule has 0 spiro atoms. The van der Waals surface area contributed by atoms with E-state index in [1.807, 2.05) is 24.8 Å². The number of nitrogens with zero attached hydrogens (tertiary/aromatic N) is 2. The van der Waals surface area contributed by atoms with Crippen molar-refractivity contribution in [2.24, 2.45) is 0 Å². The fourth-order valence-electron chi connectivity index (χ4n) is 2.96. The highest BCUT2D eigenvalue weighted by Crippen LogP contribution is 2.33. The van der Waals surface area contributed by atoms with Gasteiger partial charge in [0, 0.05) is 47.7 Å². The zero-order valence-electron chi connectivity index (χ0n) is 11.7. The first-order valence-corrected chi connectivity index (χ1v) is 7.34. The molecule has 1 fully saturated rings. The van der Waals surface area contributed by atoms with Crippen LogP contribution >= 0.6 is 0 Å². The van der Waals surface area contributed by atoms with Gasteiger partial charge in [-0.15, -0.1) is 0 Å². The summed E-state index contributed by atoms with van der Waals surface area (Å²) in [5, 5.41) is 15.2. The minimum absolute atomic E-state index is 0.449. The monoisotopic (exact) mass is 282 g/mol. The molecular formula is C15H18N6. The van der Waals surface area contributed by atoms with E-state index in [9.17, 15) is 0 Å². The Labute approximate surface area is 122 Å². The van der Waals surface area contributed by atoms with E-state index in [0.29, 0.717) is 6.04 Å². The van der Waals surface area contributed by atoms with E-state index < -0.39 is 0 Å². The lowest BCUT2D eigenvalue weighted by atomic mass is 10.0. The van der Waals surface area contributed by atoms with Gasteiger partial charge in [-0.1, -0.05) is 0 Å². The standard InChI is InChI=1S/C15H18N6/c1-2-11(8-16-4-1)21-14-12-3-5-17-15(12)18-9-13(14)10-6-19-20-7-10/h3,5-7,9,11,16H,1-2,4,8H2,(H,19,20)(H2,17,18,21)/t11-/m0/s1. The van der Waals surface area contributed by atoms with Crippen LogP contribution in [0.4, 0.5) is 5.69 Å². The summed E-state index contributed by atoms with van der Waals surface area (Å²) in [5.74, 6) is 0. The van der Waals surface area contributed by atoms with Crippen LogP contribution in [0, 0.1) is 0 Å². The minimum atomic E-state index is 0.449. The Kier molecular flexibility index (Phi) is 3.08. The molecule has 3 aromatic heterocycles. The topological polar surface area (TPSA) is 81.4 Å². The Morgan fingerprint density at radius 2 is 2.29 bits per heavy atom. The molecule has 0 aliphatic carbocycles. The van der Waals surface area contributed by atoms with E-state index in [-0.39, 0.29) is 0 Å². The van der Waals surface area contributed by atoms with Gasteiger partial charge in [-0.25, -0.2) is 4.98 Å². The van der Waals surface area contributed by atoms with Crippen molar-refractivity contribution in [3.63, 3.8) is 0 Å². The Balaban J connectivity index is 1.79. The number of anilines is 1. The Morgan fingerprint density at radius 1 is 1.29 bits per heavy atom. The van der Waals surface area contributed by atoms with E-state index in [1.165, 1.54) is 12.8 Å². The molecule has 1 atom stereocenters. The average Bonchev–Trinajstić information content (AvgIpc) is 3.20. The van der Waals surface area contributed by atoms with Gasteiger partial charge in [0.25, 0.3) is 0 Å². The zero-order valence-corrected chi connectivity index (χ0v) is 11.7. The van der Waals surface area contributed by atoms with E-state index in [2.05, 4.69) is 36.9 Å². The number of hydrogen-bond acceptors (Lipinski definition) is 4. The van der Waals surface area contributed by atoms with Gasteiger partial charge < -0.3 is 15.6 Å². The molecule has 0 unspecified atom stereocenters. The second kappa shape index (κ2) is 5.21. The second-order valence-electron chi connectivity index (χ2n) is 5.46. The molecule has 0 aromatic carbocycles. The number of aromatic amines is 2. The van der Waals surface area contributed by atoms with Crippen LogP contribution in [0.2, 0.25) is 0 Å². The summed E-state index contributed by atoms with van der Waals surface area (Å²) in [6.07, 6.45) is 9.97. The maximum Gasteiger partial charge on any atom is 0.139 e. The summed E-state index contributed by atoms with van der Waals surface area (Å²) in [4.78, 5) is 7.68. The van der Waals surface area contributed by atoms with Crippen molar-refractivity contribution in [3.05, 3.63) is 30.9 Å². The molecule has 3 aromatic rings. The number of pyridine rings is 1. The normalized spacial score (nSPS) is 19.0. The lowest BCUT2D eigenvalue weighted by Gasteiger charge is -2.26. The van der Waals surface area contributed by atoms with Crippen LogP contribution in [0.5, 0.6) is 0 Å². The van der Waals surface area contributed by atoms with Gasteiger partial charge in [0.1, 0.15) is 5.65 Å². The van der Waals surface area contributed by atoms with Crippen molar-refractivity contribution in [1.82, 2.24) is 25.5 Å². The van der Waals surface area contributed by atoms with Gasteiger partial charge in [0.05, 0.1) is 11.9 Å². The van der Waals surface area contributed by atoms with Crippen molar-refractivity contribution in [3.8, 4) is 11.1 Å². The number of hydrogen-bond donors (Lipinski definition) is 4. The highest BCUT2D eigenvalue weighted by Gasteiger charge is 2.18. The third kappa shape index (κ3) is 2.27. The summed E-state index contributed by atoms with van der Waals surface area (Å²) in [7, 11) is 0. The molecule has 4 heterocycles. The van der Waals surface area contributed by atoms with Crippen LogP contribution in [0.3, 0.4) is 0 Å². The van der Waals surface area contributed by atoms with Crippen molar-refractivity contribution >= 4 is 16.7 Å². The number of piperidine rings is 1. The first kappa shape index (κ1) is 12.4. The van der Waals surface area contributed by atoms with Gasteiger partial charge in [-0.2, -0.15) is 5.10 Å².